The van der Waals surface area contributed by atoms with E-state index < -0.39 is 0 Å². The third kappa shape index (κ3) is 3.84. The molecule has 0 atom stereocenters. The average Bonchev–Trinajstić information content (AvgIpc) is 3.12. The predicted octanol–water partition coefficient (Wildman–Crippen LogP) is 4.36. The number of benzene rings is 2. The maximum atomic E-state index is 5.35. The van der Waals surface area contributed by atoms with E-state index in [9.17, 15) is 0 Å². The first kappa shape index (κ1) is 16.9. The molecule has 0 unspecified atom stereocenters. The van der Waals surface area contributed by atoms with Crippen molar-refractivity contribution in [2.75, 3.05) is 24.3 Å². The molecule has 0 spiro atoms. The number of H-pyrrole nitrogens is 1. The van der Waals surface area contributed by atoms with Crippen LogP contribution in [0.5, 0.6) is 5.75 Å². The monoisotopic (exact) mass is 359 g/mol. The molecule has 2 aromatic carbocycles. The Kier molecular flexibility index (Phi) is 4.87. The molecule has 4 rings (SSSR count). The molecule has 3 N–H and O–H groups in total. The molecule has 0 saturated heterocycles. The standard InChI is InChI=1S/C21H21N5O/c1-27-19-9-5-4-8-18(19)25-21-23-13-11-20(26-21)22-12-10-15-14-24-17-7-3-2-6-16(15)17/h2-9,11,13-14,24H,10,12H2,1H3,(H2,22,23,25,26). The van der Waals surface area contributed by atoms with E-state index in [2.05, 4.69) is 50.0 Å². The van der Waals surface area contributed by atoms with Crippen molar-refractivity contribution in [1.29, 1.82) is 0 Å². The number of anilines is 3. The van der Waals surface area contributed by atoms with Gasteiger partial charge in [-0.2, -0.15) is 4.98 Å². The van der Waals surface area contributed by atoms with Crippen molar-refractivity contribution >= 4 is 28.4 Å². The van der Waals surface area contributed by atoms with E-state index in [4.69, 9.17) is 4.74 Å². The number of hydrogen-bond acceptors (Lipinski definition) is 5. The number of fused-ring (bicyclic) bond motifs is 1. The number of ether oxygens (including phenoxy) is 1. The molecule has 6 nitrogen and oxygen atoms in total. The van der Waals surface area contributed by atoms with Crippen LogP contribution in [0.3, 0.4) is 0 Å². The Hall–Kier alpha value is -3.54. The van der Waals surface area contributed by atoms with E-state index in [-0.39, 0.29) is 0 Å². The zero-order valence-electron chi connectivity index (χ0n) is 15.1. The van der Waals surface area contributed by atoms with Crippen molar-refractivity contribution in [3.05, 3.63) is 72.6 Å². The van der Waals surface area contributed by atoms with Crippen LogP contribution in [0.25, 0.3) is 10.9 Å². The van der Waals surface area contributed by atoms with Gasteiger partial charge in [0.2, 0.25) is 5.95 Å². The molecule has 0 aliphatic heterocycles. The van der Waals surface area contributed by atoms with E-state index in [1.807, 2.05) is 36.4 Å². The van der Waals surface area contributed by atoms with Crippen molar-refractivity contribution in [2.45, 2.75) is 6.42 Å². The topological polar surface area (TPSA) is 74.9 Å². The zero-order valence-corrected chi connectivity index (χ0v) is 15.1. The summed E-state index contributed by atoms with van der Waals surface area (Å²) in [4.78, 5) is 12.1. The normalized spacial score (nSPS) is 10.7. The molecule has 0 saturated carbocycles. The fourth-order valence-electron chi connectivity index (χ4n) is 3.05. The number of aromatic nitrogens is 3. The van der Waals surface area contributed by atoms with Gasteiger partial charge in [0.1, 0.15) is 11.6 Å². The summed E-state index contributed by atoms with van der Waals surface area (Å²) in [5.41, 5.74) is 3.29. The van der Waals surface area contributed by atoms with E-state index in [0.717, 1.165) is 35.7 Å². The Morgan fingerprint density at radius 3 is 2.81 bits per heavy atom. The van der Waals surface area contributed by atoms with E-state index in [0.29, 0.717) is 5.95 Å². The molecule has 27 heavy (non-hydrogen) atoms. The lowest BCUT2D eigenvalue weighted by Crippen LogP contribution is -2.07. The molecule has 0 aliphatic carbocycles. The summed E-state index contributed by atoms with van der Waals surface area (Å²) in [5.74, 6) is 2.05. The fourth-order valence-corrected chi connectivity index (χ4v) is 3.05. The SMILES string of the molecule is COc1ccccc1Nc1nccc(NCCc2c[nH]c3ccccc23)n1. The lowest BCUT2D eigenvalue weighted by molar-refractivity contribution is 0.417. The van der Waals surface area contributed by atoms with Gasteiger partial charge in [-0.05, 0) is 36.2 Å². The first-order valence-corrected chi connectivity index (χ1v) is 8.85. The highest BCUT2D eigenvalue weighted by atomic mass is 16.5. The van der Waals surface area contributed by atoms with Gasteiger partial charge in [0.25, 0.3) is 0 Å². The molecular formula is C21H21N5O. The molecule has 0 fully saturated rings. The molecule has 6 heteroatoms. The van der Waals surface area contributed by atoms with E-state index in [1.165, 1.54) is 10.9 Å². The van der Waals surface area contributed by atoms with Crippen LogP contribution < -0.4 is 15.4 Å². The van der Waals surface area contributed by atoms with Gasteiger partial charge < -0.3 is 20.4 Å². The van der Waals surface area contributed by atoms with Crippen molar-refractivity contribution in [3.63, 3.8) is 0 Å². The first-order chi connectivity index (χ1) is 13.3. The van der Waals surface area contributed by atoms with Crippen LogP contribution in [-0.4, -0.2) is 28.6 Å². The summed E-state index contributed by atoms with van der Waals surface area (Å²) in [6.45, 7) is 0.785. The van der Waals surface area contributed by atoms with Crippen LogP contribution >= 0.6 is 0 Å². The third-order valence-electron chi connectivity index (χ3n) is 4.38. The predicted molar refractivity (Wildman–Crippen MR) is 109 cm³/mol. The number of rotatable bonds is 7. The van der Waals surface area contributed by atoms with Gasteiger partial charge in [-0.3, -0.25) is 0 Å². The molecule has 2 heterocycles. The van der Waals surface area contributed by atoms with E-state index in [1.54, 1.807) is 13.3 Å². The van der Waals surface area contributed by atoms with Crippen molar-refractivity contribution < 1.29 is 4.74 Å². The number of methoxy groups -OCH3 is 1. The lowest BCUT2D eigenvalue weighted by atomic mass is 10.1. The van der Waals surface area contributed by atoms with E-state index >= 15 is 0 Å². The van der Waals surface area contributed by atoms with Crippen molar-refractivity contribution in [2.24, 2.45) is 0 Å². The molecule has 4 aromatic rings. The Morgan fingerprint density at radius 2 is 1.89 bits per heavy atom. The van der Waals surface area contributed by atoms with Gasteiger partial charge in [0, 0.05) is 29.8 Å². The van der Waals surface area contributed by atoms with Gasteiger partial charge >= 0.3 is 0 Å². The highest BCUT2D eigenvalue weighted by molar-refractivity contribution is 5.83. The van der Waals surface area contributed by atoms with Crippen molar-refractivity contribution in [1.82, 2.24) is 15.0 Å². The molecule has 0 bridgehead atoms. The highest BCUT2D eigenvalue weighted by Crippen LogP contribution is 2.25. The van der Waals surface area contributed by atoms with Crippen molar-refractivity contribution in [3.8, 4) is 5.75 Å². The number of nitrogens with zero attached hydrogens (tertiary/aromatic N) is 2. The second-order valence-corrected chi connectivity index (χ2v) is 6.13. The minimum Gasteiger partial charge on any atom is -0.495 e. The van der Waals surface area contributed by atoms with Gasteiger partial charge in [0.15, 0.2) is 0 Å². The summed E-state index contributed by atoms with van der Waals surface area (Å²) in [6.07, 6.45) is 4.71. The number of nitrogens with one attached hydrogen (secondary N) is 3. The lowest BCUT2D eigenvalue weighted by Gasteiger charge is -2.11. The van der Waals surface area contributed by atoms with Gasteiger partial charge in [-0.15, -0.1) is 0 Å². The Labute approximate surface area is 157 Å². The number of para-hydroxylation sites is 3. The molecule has 0 aliphatic rings. The maximum absolute atomic E-state index is 5.35. The molecule has 0 radical (unpaired) electrons. The minimum atomic E-state index is 0.525. The number of aromatic amines is 1. The summed E-state index contributed by atoms with van der Waals surface area (Å²) in [6, 6.07) is 17.9. The molecule has 136 valence electrons. The zero-order chi connectivity index (χ0) is 18.5. The maximum Gasteiger partial charge on any atom is 0.229 e. The summed E-state index contributed by atoms with van der Waals surface area (Å²) in [5, 5.41) is 7.83. The van der Waals surface area contributed by atoms with Gasteiger partial charge in [-0.1, -0.05) is 30.3 Å². The summed E-state index contributed by atoms with van der Waals surface area (Å²) < 4.78 is 5.35. The molecule has 0 amide bonds. The van der Waals surface area contributed by atoms with Crippen LogP contribution in [0.4, 0.5) is 17.5 Å². The minimum absolute atomic E-state index is 0.525. The summed E-state index contributed by atoms with van der Waals surface area (Å²) >= 11 is 0. The number of hydrogen-bond donors (Lipinski definition) is 3. The average molecular weight is 359 g/mol. The quantitative estimate of drug-likeness (QED) is 0.457. The van der Waals surface area contributed by atoms with Gasteiger partial charge in [0.05, 0.1) is 12.8 Å². The second-order valence-electron chi connectivity index (χ2n) is 6.13. The summed E-state index contributed by atoms with van der Waals surface area (Å²) in [7, 11) is 1.64. The van der Waals surface area contributed by atoms with Gasteiger partial charge in [-0.25, -0.2) is 4.98 Å². The third-order valence-corrected chi connectivity index (χ3v) is 4.38. The van der Waals surface area contributed by atoms with Crippen LogP contribution in [0, 0.1) is 0 Å². The molecular weight excluding hydrogens is 338 g/mol. The van der Waals surface area contributed by atoms with Crippen LogP contribution in [0.2, 0.25) is 0 Å². The van der Waals surface area contributed by atoms with Crippen LogP contribution in [0.1, 0.15) is 5.56 Å². The largest absolute Gasteiger partial charge is 0.495 e. The first-order valence-electron chi connectivity index (χ1n) is 8.85. The van der Waals surface area contributed by atoms with Crippen LogP contribution in [0.15, 0.2) is 67.0 Å². The Bertz CT molecular complexity index is 1040. The Morgan fingerprint density at radius 1 is 1.04 bits per heavy atom. The Balaban J connectivity index is 1.41. The molecule has 2 aromatic heterocycles. The van der Waals surface area contributed by atoms with Crippen LogP contribution in [-0.2, 0) is 6.42 Å². The smallest absolute Gasteiger partial charge is 0.229 e. The second kappa shape index (κ2) is 7.78. The highest BCUT2D eigenvalue weighted by Gasteiger charge is 2.06. The fraction of sp³-hybridized carbons (Fsp3) is 0.143.